The summed E-state index contributed by atoms with van der Waals surface area (Å²) in [4.78, 5) is 2.59. The third-order valence-corrected chi connectivity index (χ3v) is 4.18. The van der Waals surface area contributed by atoms with Crippen molar-refractivity contribution in [1.82, 2.24) is 10.2 Å². The zero-order valence-electron chi connectivity index (χ0n) is 13.9. The Hall–Kier alpha value is -0.120. The summed E-state index contributed by atoms with van der Waals surface area (Å²) in [5, 5.41) is 3.67. The van der Waals surface area contributed by atoms with Crippen LogP contribution in [-0.4, -0.2) is 49.3 Å². The van der Waals surface area contributed by atoms with Crippen molar-refractivity contribution in [3.05, 3.63) is 0 Å². The molecule has 19 heavy (non-hydrogen) atoms. The van der Waals surface area contributed by atoms with Gasteiger partial charge in [0.1, 0.15) is 0 Å². The largest absolute Gasteiger partial charge is 0.376 e. The van der Waals surface area contributed by atoms with Crippen LogP contribution >= 0.6 is 0 Å². The molecule has 1 aliphatic rings. The standard InChI is InChI=1S/C16H34N2O/c1-7-14-11-18(9-10-19-14)13-16(6,8-2)12-17-15(3,4)5/h14,17H,7-13H2,1-6H3. The molecule has 2 atom stereocenters. The predicted molar refractivity (Wildman–Crippen MR) is 82.6 cm³/mol. The molecule has 0 aliphatic carbocycles. The molecule has 0 aromatic rings. The fraction of sp³-hybridized carbons (Fsp3) is 1.00. The highest BCUT2D eigenvalue weighted by atomic mass is 16.5. The second-order valence-electron chi connectivity index (χ2n) is 7.40. The molecule has 114 valence electrons. The van der Waals surface area contributed by atoms with E-state index in [1.54, 1.807) is 0 Å². The lowest BCUT2D eigenvalue weighted by atomic mass is 9.85. The normalized spacial score (nSPS) is 25.3. The van der Waals surface area contributed by atoms with Crippen molar-refractivity contribution >= 4 is 0 Å². The molecule has 1 aliphatic heterocycles. The van der Waals surface area contributed by atoms with Gasteiger partial charge in [-0.15, -0.1) is 0 Å². The predicted octanol–water partition coefficient (Wildman–Crippen LogP) is 2.90. The summed E-state index contributed by atoms with van der Waals surface area (Å²) in [5.41, 5.74) is 0.552. The van der Waals surface area contributed by atoms with E-state index in [-0.39, 0.29) is 5.54 Å². The summed E-state index contributed by atoms with van der Waals surface area (Å²) in [6.07, 6.45) is 2.77. The molecule has 2 unspecified atom stereocenters. The van der Waals surface area contributed by atoms with E-state index in [0.29, 0.717) is 11.5 Å². The molecular weight excluding hydrogens is 236 g/mol. The van der Waals surface area contributed by atoms with E-state index in [9.17, 15) is 0 Å². The quantitative estimate of drug-likeness (QED) is 0.803. The molecule has 3 nitrogen and oxygen atoms in total. The minimum Gasteiger partial charge on any atom is -0.376 e. The Labute approximate surface area is 120 Å². The van der Waals surface area contributed by atoms with Crippen LogP contribution in [-0.2, 0) is 4.74 Å². The van der Waals surface area contributed by atoms with Gasteiger partial charge in [-0.3, -0.25) is 4.90 Å². The average Bonchev–Trinajstić information content (AvgIpc) is 2.36. The molecule has 0 radical (unpaired) electrons. The molecule has 0 bridgehead atoms. The second kappa shape index (κ2) is 7.05. The molecule has 1 heterocycles. The van der Waals surface area contributed by atoms with E-state index >= 15 is 0 Å². The molecule has 1 fully saturated rings. The summed E-state index contributed by atoms with van der Waals surface area (Å²) >= 11 is 0. The SMILES string of the molecule is CCC1CN(CC(C)(CC)CNC(C)(C)C)CCO1. The minimum atomic E-state index is 0.202. The highest BCUT2D eigenvalue weighted by Crippen LogP contribution is 2.24. The molecule has 1 saturated heterocycles. The van der Waals surface area contributed by atoms with E-state index < -0.39 is 0 Å². The van der Waals surface area contributed by atoms with Gasteiger partial charge < -0.3 is 10.1 Å². The fourth-order valence-electron chi connectivity index (χ4n) is 2.48. The van der Waals surface area contributed by atoms with Gasteiger partial charge in [0.15, 0.2) is 0 Å². The van der Waals surface area contributed by atoms with Crippen LogP contribution in [0.1, 0.15) is 54.4 Å². The number of rotatable bonds is 6. The molecule has 0 spiro atoms. The Morgan fingerprint density at radius 2 is 1.89 bits per heavy atom. The van der Waals surface area contributed by atoms with Gasteiger partial charge in [-0.1, -0.05) is 20.8 Å². The number of hydrogen-bond donors (Lipinski definition) is 1. The smallest absolute Gasteiger partial charge is 0.0700 e. The molecule has 0 amide bonds. The summed E-state index contributed by atoms with van der Waals surface area (Å²) < 4.78 is 5.76. The summed E-state index contributed by atoms with van der Waals surface area (Å²) in [6, 6.07) is 0. The summed E-state index contributed by atoms with van der Waals surface area (Å²) in [7, 11) is 0. The Bertz CT molecular complexity index is 262. The van der Waals surface area contributed by atoms with E-state index in [4.69, 9.17) is 4.74 Å². The molecule has 1 rings (SSSR count). The summed E-state index contributed by atoms with van der Waals surface area (Å²) in [5.74, 6) is 0. The lowest BCUT2D eigenvalue weighted by Gasteiger charge is -2.40. The Kier molecular flexibility index (Phi) is 6.28. The van der Waals surface area contributed by atoms with Crippen molar-refractivity contribution < 1.29 is 4.74 Å². The van der Waals surface area contributed by atoms with E-state index in [0.717, 1.165) is 32.7 Å². The number of ether oxygens (including phenoxy) is 1. The van der Waals surface area contributed by atoms with Gasteiger partial charge in [0.05, 0.1) is 12.7 Å². The first-order valence-electron chi connectivity index (χ1n) is 7.87. The van der Waals surface area contributed by atoms with E-state index in [1.807, 2.05) is 0 Å². The highest BCUT2D eigenvalue weighted by molar-refractivity contribution is 4.85. The summed E-state index contributed by atoms with van der Waals surface area (Å²) in [6.45, 7) is 19.0. The lowest BCUT2D eigenvalue weighted by Crippen LogP contribution is -2.51. The maximum absolute atomic E-state index is 5.76. The zero-order chi connectivity index (χ0) is 14.5. The van der Waals surface area contributed by atoms with Gasteiger partial charge in [-0.2, -0.15) is 0 Å². The van der Waals surface area contributed by atoms with Crippen molar-refractivity contribution in [3.8, 4) is 0 Å². The number of hydrogen-bond acceptors (Lipinski definition) is 3. The van der Waals surface area contributed by atoms with Crippen molar-refractivity contribution in [2.24, 2.45) is 5.41 Å². The minimum absolute atomic E-state index is 0.202. The molecule has 3 heteroatoms. The molecular formula is C16H34N2O. The lowest BCUT2D eigenvalue weighted by molar-refractivity contribution is -0.0416. The zero-order valence-corrected chi connectivity index (χ0v) is 13.9. The number of nitrogens with one attached hydrogen (secondary N) is 1. The Morgan fingerprint density at radius 3 is 2.42 bits per heavy atom. The van der Waals surface area contributed by atoms with Crippen LogP contribution in [0, 0.1) is 5.41 Å². The Morgan fingerprint density at radius 1 is 1.21 bits per heavy atom. The topological polar surface area (TPSA) is 24.5 Å². The number of nitrogens with zero attached hydrogens (tertiary/aromatic N) is 1. The van der Waals surface area contributed by atoms with Crippen molar-refractivity contribution in [2.45, 2.75) is 66.0 Å². The van der Waals surface area contributed by atoms with Crippen molar-refractivity contribution in [3.63, 3.8) is 0 Å². The van der Waals surface area contributed by atoms with Crippen LogP contribution in [0.15, 0.2) is 0 Å². The van der Waals surface area contributed by atoms with Crippen LogP contribution in [0.25, 0.3) is 0 Å². The molecule has 0 aromatic heterocycles. The van der Waals surface area contributed by atoms with Gasteiger partial charge in [0.2, 0.25) is 0 Å². The van der Waals surface area contributed by atoms with Gasteiger partial charge in [0.25, 0.3) is 0 Å². The maximum Gasteiger partial charge on any atom is 0.0700 e. The van der Waals surface area contributed by atoms with Crippen LogP contribution in [0.3, 0.4) is 0 Å². The first-order chi connectivity index (χ1) is 8.78. The van der Waals surface area contributed by atoms with E-state index in [2.05, 4.69) is 51.8 Å². The third-order valence-electron chi connectivity index (χ3n) is 4.18. The third kappa shape index (κ3) is 6.24. The van der Waals surface area contributed by atoms with Gasteiger partial charge >= 0.3 is 0 Å². The van der Waals surface area contributed by atoms with Gasteiger partial charge in [0, 0.05) is 31.7 Å². The van der Waals surface area contributed by atoms with Crippen molar-refractivity contribution in [1.29, 1.82) is 0 Å². The van der Waals surface area contributed by atoms with Gasteiger partial charge in [-0.05, 0) is 39.0 Å². The van der Waals surface area contributed by atoms with Crippen LogP contribution in [0.2, 0.25) is 0 Å². The number of morpholine rings is 1. The highest BCUT2D eigenvalue weighted by Gasteiger charge is 2.29. The Balaban J connectivity index is 2.49. The maximum atomic E-state index is 5.76. The first kappa shape index (κ1) is 16.9. The van der Waals surface area contributed by atoms with Gasteiger partial charge in [-0.25, -0.2) is 0 Å². The average molecular weight is 270 g/mol. The van der Waals surface area contributed by atoms with Crippen LogP contribution in [0.4, 0.5) is 0 Å². The second-order valence-corrected chi connectivity index (χ2v) is 7.40. The first-order valence-corrected chi connectivity index (χ1v) is 7.87. The fourth-order valence-corrected chi connectivity index (χ4v) is 2.48. The molecule has 0 aromatic carbocycles. The van der Waals surface area contributed by atoms with Crippen molar-refractivity contribution in [2.75, 3.05) is 32.8 Å². The van der Waals surface area contributed by atoms with Crippen LogP contribution in [0.5, 0.6) is 0 Å². The molecule has 0 saturated carbocycles. The van der Waals surface area contributed by atoms with E-state index in [1.165, 1.54) is 13.0 Å². The van der Waals surface area contributed by atoms with Crippen LogP contribution < -0.4 is 5.32 Å². The molecule has 1 N–H and O–H groups in total. The monoisotopic (exact) mass is 270 g/mol.